The van der Waals surface area contributed by atoms with E-state index in [0.29, 0.717) is 26.4 Å². The third-order valence-electron chi connectivity index (χ3n) is 5.36. The number of nitrogens with zero attached hydrogens (tertiary/aromatic N) is 2. The molecule has 0 amide bonds. The minimum Gasteiger partial charge on any atom is -0.497 e. The topological polar surface area (TPSA) is 69.9 Å². The molecule has 0 saturated heterocycles. The van der Waals surface area contributed by atoms with Crippen LogP contribution in [-0.2, 0) is 9.53 Å². The number of thioether (sulfide) groups is 1. The van der Waals surface area contributed by atoms with Gasteiger partial charge in [0, 0.05) is 4.90 Å². The Bertz CT molecular complexity index is 1380. The molecular weight excluding hydrogens is 456 g/mol. The Hall–Kier alpha value is -3.10. The van der Waals surface area contributed by atoms with Crippen LogP contribution in [0.4, 0.5) is 0 Å². The maximum absolute atomic E-state index is 13.6. The molecule has 0 bridgehead atoms. The lowest BCUT2D eigenvalue weighted by atomic mass is 9.96. The summed E-state index contributed by atoms with van der Waals surface area (Å²) in [6.07, 6.45) is 3.89. The molecule has 1 unspecified atom stereocenters. The van der Waals surface area contributed by atoms with Crippen LogP contribution in [0.15, 0.2) is 74.5 Å². The van der Waals surface area contributed by atoms with Crippen LogP contribution in [0.3, 0.4) is 0 Å². The van der Waals surface area contributed by atoms with Gasteiger partial charge in [0.1, 0.15) is 5.75 Å². The molecule has 8 heteroatoms. The summed E-state index contributed by atoms with van der Waals surface area (Å²) in [5.41, 5.74) is 2.44. The summed E-state index contributed by atoms with van der Waals surface area (Å²) >= 11 is 2.98. The maximum atomic E-state index is 13.6. The summed E-state index contributed by atoms with van der Waals surface area (Å²) in [5.74, 6) is 0.222. The van der Waals surface area contributed by atoms with E-state index in [-0.39, 0.29) is 12.2 Å². The van der Waals surface area contributed by atoms with Gasteiger partial charge in [0.25, 0.3) is 5.56 Å². The number of rotatable bonds is 6. The Morgan fingerprint density at radius 3 is 2.48 bits per heavy atom. The SMILES string of the molecule is CCOC(=O)C1=C(C)N=c2s/c(=C/c3ccc(SC)cc3)c(=O)n2C1c1ccc(OC)cc1. The van der Waals surface area contributed by atoms with Gasteiger partial charge in [-0.15, -0.1) is 11.8 Å². The van der Waals surface area contributed by atoms with Crippen molar-refractivity contribution in [1.29, 1.82) is 0 Å². The average molecular weight is 481 g/mol. The van der Waals surface area contributed by atoms with Crippen molar-refractivity contribution in [3.8, 4) is 5.75 Å². The number of aromatic nitrogens is 1. The molecule has 33 heavy (non-hydrogen) atoms. The summed E-state index contributed by atoms with van der Waals surface area (Å²) in [7, 11) is 1.60. The van der Waals surface area contributed by atoms with Gasteiger partial charge >= 0.3 is 5.97 Å². The van der Waals surface area contributed by atoms with Crippen LogP contribution in [0.25, 0.3) is 6.08 Å². The lowest BCUT2D eigenvalue weighted by Gasteiger charge is -2.24. The van der Waals surface area contributed by atoms with E-state index in [1.807, 2.05) is 60.9 Å². The summed E-state index contributed by atoms with van der Waals surface area (Å²) in [5, 5.41) is 0. The molecule has 1 aliphatic rings. The molecule has 2 heterocycles. The van der Waals surface area contributed by atoms with Crippen LogP contribution in [0.1, 0.15) is 31.0 Å². The molecule has 0 spiro atoms. The van der Waals surface area contributed by atoms with Crippen molar-refractivity contribution in [2.75, 3.05) is 20.0 Å². The van der Waals surface area contributed by atoms with Crippen molar-refractivity contribution in [3.05, 3.63) is 90.6 Å². The zero-order valence-electron chi connectivity index (χ0n) is 18.8. The third kappa shape index (κ3) is 4.54. The molecule has 0 radical (unpaired) electrons. The minimum atomic E-state index is -0.632. The molecule has 4 rings (SSSR count). The highest BCUT2D eigenvalue weighted by Crippen LogP contribution is 2.31. The molecular formula is C25H24N2O4S2. The number of carbonyl (C=O) groups excluding carboxylic acids is 1. The molecule has 3 aromatic rings. The van der Waals surface area contributed by atoms with Gasteiger partial charge in [-0.2, -0.15) is 0 Å². The zero-order valence-corrected chi connectivity index (χ0v) is 20.5. The van der Waals surface area contributed by atoms with Gasteiger partial charge in [0.15, 0.2) is 4.80 Å². The van der Waals surface area contributed by atoms with Crippen LogP contribution in [0.5, 0.6) is 5.75 Å². The molecule has 0 saturated carbocycles. The summed E-state index contributed by atoms with van der Waals surface area (Å²) in [6.45, 7) is 3.77. The number of ether oxygens (including phenoxy) is 2. The summed E-state index contributed by atoms with van der Waals surface area (Å²) in [4.78, 5) is 32.8. The van der Waals surface area contributed by atoms with Crippen molar-refractivity contribution in [3.63, 3.8) is 0 Å². The van der Waals surface area contributed by atoms with E-state index in [0.717, 1.165) is 16.0 Å². The van der Waals surface area contributed by atoms with Gasteiger partial charge in [0.05, 0.1) is 35.6 Å². The van der Waals surface area contributed by atoms with Crippen LogP contribution in [0, 0.1) is 0 Å². The highest BCUT2D eigenvalue weighted by molar-refractivity contribution is 7.98. The van der Waals surface area contributed by atoms with Crippen LogP contribution in [0.2, 0.25) is 0 Å². The number of thiazole rings is 1. The second kappa shape index (κ2) is 9.80. The fraction of sp³-hybridized carbons (Fsp3) is 0.240. The maximum Gasteiger partial charge on any atom is 0.338 e. The van der Waals surface area contributed by atoms with E-state index < -0.39 is 12.0 Å². The first-order valence-corrected chi connectivity index (χ1v) is 12.5. The molecule has 0 aliphatic carbocycles. The largest absolute Gasteiger partial charge is 0.497 e. The number of methoxy groups -OCH3 is 1. The normalized spacial score (nSPS) is 15.8. The Morgan fingerprint density at radius 1 is 1.18 bits per heavy atom. The quantitative estimate of drug-likeness (QED) is 0.399. The number of hydrogen-bond acceptors (Lipinski definition) is 7. The van der Waals surface area contributed by atoms with Gasteiger partial charge in [0.2, 0.25) is 0 Å². The third-order valence-corrected chi connectivity index (χ3v) is 7.09. The lowest BCUT2D eigenvalue weighted by Crippen LogP contribution is -2.39. The predicted molar refractivity (Wildman–Crippen MR) is 132 cm³/mol. The van der Waals surface area contributed by atoms with Crippen molar-refractivity contribution in [2.45, 2.75) is 24.8 Å². The monoisotopic (exact) mass is 480 g/mol. The van der Waals surface area contributed by atoms with Gasteiger partial charge in [-0.05, 0) is 61.6 Å². The Morgan fingerprint density at radius 2 is 1.88 bits per heavy atom. The standard InChI is InChI=1S/C25H24N2O4S2/c1-5-31-24(29)21-15(2)26-25-27(22(21)17-8-10-18(30-3)11-9-17)23(28)20(33-25)14-16-6-12-19(32-4)13-7-16/h6-14,22H,5H2,1-4H3/b20-14+. The molecule has 0 N–H and O–H groups in total. The van der Waals surface area contributed by atoms with E-state index in [2.05, 4.69) is 4.99 Å². The molecule has 1 atom stereocenters. The first-order chi connectivity index (χ1) is 16.0. The molecule has 2 aromatic carbocycles. The lowest BCUT2D eigenvalue weighted by molar-refractivity contribution is -0.139. The molecule has 0 fully saturated rings. The second-order valence-electron chi connectivity index (χ2n) is 7.35. The Balaban J connectivity index is 1.90. The van der Waals surface area contributed by atoms with Gasteiger partial charge in [-0.3, -0.25) is 9.36 Å². The first kappa shape index (κ1) is 23.1. The van der Waals surface area contributed by atoms with Gasteiger partial charge < -0.3 is 9.47 Å². The molecule has 1 aliphatic heterocycles. The van der Waals surface area contributed by atoms with E-state index in [1.54, 1.807) is 37.3 Å². The number of esters is 1. The van der Waals surface area contributed by atoms with Crippen molar-refractivity contribution < 1.29 is 14.3 Å². The first-order valence-electron chi connectivity index (χ1n) is 10.4. The van der Waals surface area contributed by atoms with Crippen LogP contribution < -0.4 is 19.6 Å². The number of allylic oxidation sites excluding steroid dienone is 1. The number of fused-ring (bicyclic) bond motifs is 1. The van der Waals surface area contributed by atoms with E-state index >= 15 is 0 Å². The molecule has 6 nitrogen and oxygen atoms in total. The molecule has 170 valence electrons. The summed E-state index contributed by atoms with van der Waals surface area (Å²) < 4.78 is 12.7. The van der Waals surface area contributed by atoms with Gasteiger partial charge in [-0.25, -0.2) is 9.79 Å². The van der Waals surface area contributed by atoms with E-state index in [4.69, 9.17) is 9.47 Å². The van der Waals surface area contributed by atoms with E-state index in [1.165, 1.54) is 11.3 Å². The highest BCUT2D eigenvalue weighted by Gasteiger charge is 2.33. The fourth-order valence-corrected chi connectivity index (χ4v) is 5.20. The zero-order chi connectivity index (χ0) is 23.5. The van der Waals surface area contributed by atoms with Crippen LogP contribution >= 0.6 is 23.1 Å². The smallest absolute Gasteiger partial charge is 0.338 e. The van der Waals surface area contributed by atoms with Crippen molar-refractivity contribution >= 4 is 35.1 Å². The van der Waals surface area contributed by atoms with E-state index in [9.17, 15) is 9.59 Å². The Labute approximate surface area is 199 Å². The highest BCUT2D eigenvalue weighted by atomic mass is 32.2. The molecule has 1 aromatic heterocycles. The predicted octanol–water partition coefficient (Wildman–Crippen LogP) is 3.53. The van der Waals surface area contributed by atoms with Gasteiger partial charge in [-0.1, -0.05) is 35.6 Å². The van der Waals surface area contributed by atoms with Crippen molar-refractivity contribution in [2.24, 2.45) is 4.99 Å². The minimum absolute atomic E-state index is 0.192. The number of hydrogen-bond donors (Lipinski definition) is 0. The van der Waals surface area contributed by atoms with Crippen molar-refractivity contribution in [1.82, 2.24) is 4.57 Å². The van der Waals surface area contributed by atoms with Crippen LogP contribution in [-0.4, -0.2) is 30.5 Å². The second-order valence-corrected chi connectivity index (χ2v) is 9.24. The average Bonchev–Trinajstić information content (AvgIpc) is 3.13. The number of benzene rings is 2. The fourth-order valence-electron chi connectivity index (χ4n) is 3.74. The number of carbonyl (C=O) groups is 1. The summed E-state index contributed by atoms with van der Waals surface area (Å²) in [6, 6.07) is 14.7. The Kier molecular flexibility index (Phi) is 6.85.